The van der Waals surface area contributed by atoms with Crippen LogP contribution in [0.2, 0.25) is 5.02 Å². The number of aromatic nitrogens is 1. The van der Waals surface area contributed by atoms with E-state index in [9.17, 15) is 0 Å². The van der Waals surface area contributed by atoms with Crippen molar-refractivity contribution in [2.24, 2.45) is 0 Å². The molecular weight excluding hydrogens is 350 g/mol. The van der Waals surface area contributed by atoms with E-state index in [2.05, 4.69) is 42.8 Å². The summed E-state index contributed by atoms with van der Waals surface area (Å²) in [6.07, 6.45) is 3.08. The quantitative estimate of drug-likeness (QED) is 0.768. The van der Waals surface area contributed by atoms with E-state index in [0.29, 0.717) is 0 Å². The molecule has 1 aromatic carbocycles. The van der Waals surface area contributed by atoms with Gasteiger partial charge >= 0.3 is 0 Å². The average molecular weight is 369 g/mol. The van der Waals surface area contributed by atoms with Gasteiger partial charge in [-0.3, -0.25) is 4.98 Å². The van der Waals surface area contributed by atoms with Crippen LogP contribution in [-0.4, -0.2) is 47.9 Å². The molecule has 1 aromatic heterocycles. The van der Waals surface area contributed by atoms with Crippen LogP contribution in [0.5, 0.6) is 0 Å². The van der Waals surface area contributed by atoms with Crippen molar-refractivity contribution in [1.29, 1.82) is 0 Å². The molecule has 0 aliphatic carbocycles. The number of benzene rings is 1. The normalized spacial score (nSPS) is 17.1. The number of pyridine rings is 1. The fourth-order valence-corrected chi connectivity index (χ4v) is 3.60. The Hall–Kier alpha value is -0.840. The molecule has 0 N–H and O–H groups in total. The van der Waals surface area contributed by atoms with Gasteiger partial charge in [0.25, 0.3) is 0 Å². The largest absolute Gasteiger partial charge is 0.370 e. The molecule has 0 spiro atoms. The smallest absolute Gasteiger partial charge is 0.0737 e. The standard InChI is InChI=1S/C16H19BrClN3/c17-5-9-20-7-1-8-21(11-10-20)16-4-6-19-15-12-13(18)2-3-14(15)16/h2-4,6,12H,1,5,7-11H2. The van der Waals surface area contributed by atoms with Crippen molar-refractivity contribution >= 4 is 44.1 Å². The summed E-state index contributed by atoms with van der Waals surface area (Å²) in [6, 6.07) is 8.09. The molecule has 1 saturated heterocycles. The van der Waals surface area contributed by atoms with E-state index in [1.165, 1.54) is 24.0 Å². The van der Waals surface area contributed by atoms with Crippen LogP contribution in [-0.2, 0) is 0 Å². The zero-order valence-electron chi connectivity index (χ0n) is 11.9. The topological polar surface area (TPSA) is 19.4 Å². The highest BCUT2D eigenvalue weighted by atomic mass is 79.9. The molecule has 0 saturated carbocycles. The number of nitrogens with zero attached hydrogens (tertiary/aromatic N) is 3. The molecule has 1 fully saturated rings. The molecule has 3 rings (SSSR count). The summed E-state index contributed by atoms with van der Waals surface area (Å²) < 4.78 is 0. The van der Waals surface area contributed by atoms with Gasteiger partial charge in [-0.2, -0.15) is 0 Å². The molecular formula is C16H19BrClN3. The molecule has 0 radical (unpaired) electrons. The van der Waals surface area contributed by atoms with Crippen LogP contribution < -0.4 is 4.90 Å². The van der Waals surface area contributed by atoms with Crippen LogP contribution in [0.15, 0.2) is 30.5 Å². The Bertz CT molecular complexity index is 619. The van der Waals surface area contributed by atoms with Gasteiger partial charge in [0, 0.05) is 53.8 Å². The molecule has 21 heavy (non-hydrogen) atoms. The first-order valence-corrected chi connectivity index (χ1v) is 8.85. The first-order valence-electron chi connectivity index (χ1n) is 7.35. The molecule has 0 unspecified atom stereocenters. The van der Waals surface area contributed by atoms with E-state index in [-0.39, 0.29) is 0 Å². The van der Waals surface area contributed by atoms with Gasteiger partial charge in [-0.15, -0.1) is 0 Å². The Labute approximate surface area is 139 Å². The third-order valence-electron chi connectivity index (χ3n) is 4.01. The summed E-state index contributed by atoms with van der Waals surface area (Å²) in [5.74, 6) is 0. The van der Waals surface area contributed by atoms with Crippen molar-refractivity contribution in [3.8, 4) is 0 Å². The van der Waals surface area contributed by atoms with E-state index in [1.54, 1.807) is 0 Å². The first-order chi connectivity index (χ1) is 10.3. The fourth-order valence-electron chi connectivity index (χ4n) is 2.94. The van der Waals surface area contributed by atoms with Gasteiger partial charge in [0.05, 0.1) is 5.52 Å². The van der Waals surface area contributed by atoms with Crippen LogP contribution in [0.1, 0.15) is 6.42 Å². The van der Waals surface area contributed by atoms with Crippen LogP contribution in [0.25, 0.3) is 10.9 Å². The first kappa shape index (κ1) is 15.1. The summed E-state index contributed by atoms with van der Waals surface area (Å²) in [7, 11) is 0. The monoisotopic (exact) mass is 367 g/mol. The third kappa shape index (κ3) is 3.50. The summed E-state index contributed by atoms with van der Waals surface area (Å²) in [5.41, 5.74) is 2.25. The molecule has 3 nitrogen and oxygen atoms in total. The molecule has 1 aliphatic heterocycles. The van der Waals surface area contributed by atoms with Gasteiger partial charge in [-0.05, 0) is 37.2 Å². The highest BCUT2D eigenvalue weighted by molar-refractivity contribution is 9.09. The van der Waals surface area contributed by atoms with Crippen molar-refractivity contribution in [2.75, 3.05) is 43.0 Å². The minimum atomic E-state index is 0.742. The summed E-state index contributed by atoms with van der Waals surface area (Å²) in [5, 5.41) is 2.98. The van der Waals surface area contributed by atoms with E-state index in [1.807, 2.05) is 18.3 Å². The van der Waals surface area contributed by atoms with Gasteiger partial charge in [0.15, 0.2) is 0 Å². The summed E-state index contributed by atoms with van der Waals surface area (Å²) >= 11 is 9.61. The highest BCUT2D eigenvalue weighted by Gasteiger charge is 2.16. The molecule has 2 aromatic rings. The number of anilines is 1. The van der Waals surface area contributed by atoms with Crippen LogP contribution in [0, 0.1) is 0 Å². The average Bonchev–Trinajstić information content (AvgIpc) is 2.72. The van der Waals surface area contributed by atoms with E-state index in [0.717, 1.165) is 42.0 Å². The SMILES string of the molecule is Clc1ccc2c(N3CCCN(CCBr)CC3)ccnc2c1. The van der Waals surface area contributed by atoms with Crippen molar-refractivity contribution in [1.82, 2.24) is 9.88 Å². The number of alkyl halides is 1. The van der Waals surface area contributed by atoms with Gasteiger partial charge in [0.2, 0.25) is 0 Å². The Morgan fingerprint density at radius 3 is 2.90 bits per heavy atom. The number of halogens is 2. The van der Waals surface area contributed by atoms with Crippen LogP contribution >= 0.6 is 27.5 Å². The maximum Gasteiger partial charge on any atom is 0.0737 e. The second-order valence-corrected chi connectivity index (χ2v) is 6.59. The molecule has 0 amide bonds. The number of hydrogen-bond donors (Lipinski definition) is 0. The number of hydrogen-bond acceptors (Lipinski definition) is 3. The lowest BCUT2D eigenvalue weighted by molar-refractivity contribution is 0.313. The van der Waals surface area contributed by atoms with Gasteiger partial charge in [0.1, 0.15) is 0 Å². The van der Waals surface area contributed by atoms with Crippen LogP contribution in [0.3, 0.4) is 0 Å². The molecule has 0 atom stereocenters. The molecule has 5 heteroatoms. The minimum absolute atomic E-state index is 0.742. The minimum Gasteiger partial charge on any atom is -0.370 e. The van der Waals surface area contributed by atoms with Crippen molar-refractivity contribution in [3.63, 3.8) is 0 Å². The van der Waals surface area contributed by atoms with E-state index in [4.69, 9.17) is 11.6 Å². The molecule has 1 aliphatic rings. The Balaban J connectivity index is 1.86. The number of rotatable bonds is 3. The second-order valence-electron chi connectivity index (χ2n) is 5.36. The zero-order chi connectivity index (χ0) is 14.7. The summed E-state index contributed by atoms with van der Waals surface area (Å²) in [6.45, 7) is 5.58. The predicted molar refractivity (Wildman–Crippen MR) is 93.8 cm³/mol. The van der Waals surface area contributed by atoms with Crippen molar-refractivity contribution in [3.05, 3.63) is 35.5 Å². The van der Waals surface area contributed by atoms with Gasteiger partial charge < -0.3 is 9.80 Å². The third-order valence-corrected chi connectivity index (χ3v) is 4.60. The maximum atomic E-state index is 6.07. The van der Waals surface area contributed by atoms with Crippen molar-refractivity contribution < 1.29 is 0 Å². The highest BCUT2D eigenvalue weighted by Crippen LogP contribution is 2.28. The Morgan fingerprint density at radius 1 is 1.14 bits per heavy atom. The molecule has 2 heterocycles. The molecule has 112 valence electrons. The predicted octanol–water partition coefficient (Wildman–Crippen LogP) is 3.80. The van der Waals surface area contributed by atoms with E-state index < -0.39 is 0 Å². The molecule has 0 bridgehead atoms. The lowest BCUT2D eigenvalue weighted by Gasteiger charge is -2.24. The lowest BCUT2D eigenvalue weighted by atomic mass is 10.1. The van der Waals surface area contributed by atoms with Gasteiger partial charge in [-0.25, -0.2) is 0 Å². The van der Waals surface area contributed by atoms with Crippen molar-refractivity contribution in [2.45, 2.75) is 6.42 Å². The second kappa shape index (κ2) is 6.95. The maximum absolute atomic E-state index is 6.07. The van der Waals surface area contributed by atoms with Crippen LogP contribution in [0.4, 0.5) is 5.69 Å². The Morgan fingerprint density at radius 2 is 2.05 bits per heavy atom. The zero-order valence-corrected chi connectivity index (χ0v) is 14.3. The van der Waals surface area contributed by atoms with Gasteiger partial charge in [-0.1, -0.05) is 27.5 Å². The van der Waals surface area contributed by atoms with E-state index >= 15 is 0 Å². The summed E-state index contributed by atoms with van der Waals surface area (Å²) in [4.78, 5) is 9.44. The fraction of sp³-hybridized carbons (Fsp3) is 0.438. The number of fused-ring (bicyclic) bond motifs is 1. The lowest BCUT2D eigenvalue weighted by Crippen LogP contribution is -2.31. The Kier molecular flexibility index (Phi) is 4.99.